The van der Waals surface area contributed by atoms with E-state index in [2.05, 4.69) is 5.10 Å². The Morgan fingerprint density at radius 3 is 2.57 bits per heavy atom. The molecule has 1 N–H and O–H groups in total. The standard InChI is InChI=1S/C11H12N2O/c1-8-7-10(12-13(8)2)9-5-3-4-6-11(9)14/h3-7,14H,1-2H3. The fourth-order valence-electron chi connectivity index (χ4n) is 1.38. The fourth-order valence-corrected chi connectivity index (χ4v) is 1.38. The molecule has 0 amide bonds. The molecule has 0 aliphatic rings. The minimum absolute atomic E-state index is 0.269. The predicted molar refractivity (Wildman–Crippen MR) is 55.0 cm³/mol. The molecule has 0 spiro atoms. The van der Waals surface area contributed by atoms with E-state index in [1.165, 1.54) is 0 Å². The number of benzene rings is 1. The van der Waals surface area contributed by atoms with Crippen LogP contribution in [0, 0.1) is 6.92 Å². The van der Waals surface area contributed by atoms with Crippen LogP contribution in [0.4, 0.5) is 0 Å². The van der Waals surface area contributed by atoms with Crippen molar-refractivity contribution in [3.63, 3.8) is 0 Å². The molecular weight excluding hydrogens is 176 g/mol. The minimum Gasteiger partial charge on any atom is -0.507 e. The summed E-state index contributed by atoms with van der Waals surface area (Å²) in [6, 6.07) is 9.17. The van der Waals surface area contributed by atoms with Gasteiger partial charge in [-0.05, 0) is 25.1 Å². The normalized spacial score (nSPS) is 10.4. The number of hydrogen-bond acceptors (Lipinski definition) is 2. The lowest BCUT2D eigenvalue weighted by atomic mass is 10.1. The number of aromatic hydroxyl groups is 1. The largest absolute Gasteiger partial charge is 0.507 e. The summed E-state index contributed by atoms with van der Waals surface area (Å²) in [7, 11) is 1.89. The molecule has 0 saturated heterocycles. The molecule has 3 nitrogen and oxygen atoms in total. The topological polar surface area (TPSA) is 38.1 Å². The number of hydrogen-bond donors (Lipinski definition) is 1. The van der Waals surface area contributed by atoms with Crippen LogP contribution in [0.15, 0.2) is 30.3 Å². The van der Waals surface area contributed by atoms with Crippen molar-refractivity contribution in [2.75, 3.05) is 0 Å². The van der Waals surface area contributed by atoms with Crippen molar-refractivity contribution in [3.8, 4) is 17.0 Å². The molecule has 14 heavy (non-hydrogen) atoms. The predicted octanol–water partition coefficient (Wildman–Crippen LogP) is 2.10. The first-order chi connectivity index (χ1) is 6.68. The highest BCUT2D eigenvalue weighted by Gasteiger charge is 2.07. The van der Waals surface area contributed by atoms with Gasteiger partial charge in [0, 0.05) is 18.3 Å². The monoisotopic (exact) mass is 188 g/mol. The van der Waals surface area contributed by atoms with E-state index < -0.39 is 0 Å². The SMILES string of the molecule is Cc1cc(-c2ccccc2O)nn1C. The molecule has 3 heteroatoms. The van der Waals surface area contributed by atoms with Crippen LogP contribution in [-0.2, 0) is 7.05 Å². The smallest absolute Gasteiger partial charge is 0.125 e. The average molecular weight is 188 g/mol. The number of rotatable bonds is 1. The lowest BCUT2D eigenvalue weighted by molar-refractivity contribution is 0.477. The first kappa shape index (κ1) is 8.81. The van der Waals surface area contributed by atoms with Crippen molar-refractivity contribution in [1.29, 1.82) is 0 Å². The van der Waals surface area contributed by atoms with Gasteiger partial charge in [0.2, 0.25) is 0 Å². The number of aromatic nitrogens is 2. The average Bonchev–Trinajstić information content (AvgIpc) is 2.48. The Morgan fingerprint density at radius 2 is 2.00 bits per heavy atom. The van der Waals surface area contributed by atoms with E-state index in [4.69, 9.17) is 0 Å². The lowest BCUT2D eigenvalue weighted by Gasteiger charge is -1.98. The van der Waals surface area contributed by atoms with Crippen LogP contribution in [0.2, 0.25) is 0 Å². The van der Waals surface area contributed by atoms with E-state index in [0.717, 1.165) is 17.0 Å². The van der Waals surface area contributed by atoms with Crippen LogP contribution in [0.3, 0.4) is 0 Å². The second kappa shape index (κ2) is 3.18. The highest BCUT2D eigenvalue weighted by molar-refractivity contribution is 5.66. The molecule has 0 saturated carbocycles. The molecule has 0 fully saturated rings. The zero-order valence-electron chi connectivity index (χ0n) is 8.23. The maximum absolute atomic E-state index is 9.61. The van der Waals surface area contributed by atoms with Crippen LogP contribution in [-0.4, -0.2) is 14.9 Å². The van der Waals surface area contributed by atoms with Gasteiger partial charge in [-0.15, -0.1) is 0 Å². The first-order valence-electron chi connectivity index (χ1n) is 4.47. The quantitative estimate of drug-likeness (QED) is 0.744. The Bertz CT molecular complexity index is 441. The van der Waals surface area contributed by atoms with E-state index >= 15 is 0 Å². The molecule has 2 aromatic rings. The van der Waals surface area contributed by atoms with Gasteiger partial charge in [0.05, 0.1) is 5.69 Å². The Morgan fingerprint density at radius 1 is 1.29 bits per heavy atom. The molecule has 0 aliphatic heterocycles. The lowest BCUT2D eigenvalue weighted by Crippen LogP contribution is -1.92. The first-order valence-corrected chi connectivity index (χ1v) is 4.47. The Balaban J connectivity index is 2.55. The van der Waals surface area contributed by atoms with Crippen molar-refractivity contribution in [3.05, 3.63) is 36.0 Å². The number of para-hydroxylation sites is 1. The van der Waals surface area contributed by atoms with E-state index in [1.54, 1.807) is 16.8 Å². The van der Waals surface area contributed by atoms with E-state index in [-0.39, 0.29) is 5.75 Å². The molecule has 0 aliphatic carbocycles. The maximum atomic E-state index is 9.61. The number of phenols is 1. The van der Waals surface area contributed by atoms with Crippen molar-refractivity contribution >= 4 is 0 Å². The van der Waals surface area contributed by atoms with E-state index in [9.17, 15) is 5.11 Å². The zero-order valence-corrected chi connectivity index (χ0v) is 8.23. The molecule has 0 atom stereocenters. The molecule has 2 rings (SSSR count). The number of phenolic OH excluding ortho intramolecular Hbond substituents is 1. The maximum Gasteiger partial charge on any atom is 0.125 e. The van der Waals surface area contributed by atoms with Crippen molar-refractivity contribution in [2.45, 2.75) is 6.92 Å². The van der Waals surface area contributed by atoms with Gasteiger partial charge in [0.25, 0.3) is 0 Å². The van der Waals surface area contributed by atoms with Crippen molar-refractivity contribution in [1.82, 2.24) is 9.78 Å². The van der Waals surface area contributed by atoms with Gasteiger partial charge in [-0.25, -0.2) is 0 Å². The fraction of sp³-hybridized carbons (Fsp3) is 0.182. The van der Waals surface area contributed by atoms with Crippen LogP contribution in [0.1, 0.15) is 5.69 Å². The third kappa shape index (κ3) is 1.37. The molecule has 1 heterocycles. The van der Waals surface area contributed by atoms with Gasteiger partial charge >= 0.3 is 0 Å². The molecule has 0 bridgehead atoms. The van der Waals surface area contributed by atoms with Gasteiger partial charge in [-0.2, -0.15) is 5.10 Å². The summed E-state index contributed by atoms with van der Waals surface area (Å²) in [5.74, 6) is 0.269. The Labute approximate surface area is 82.6 Å². The molecular formula is C11H12N2O. The summed E-state index contributed by atoms with van der Waals surface area (Å²) in [6.45, 7) is 1.98. The van der Waals surface area contributed by atoms with Gasteiger partial charge in [-0.1, -0.05) is 12.1 Å². The van der Waals surface area contributed by atoms with Crippen LogP contribution in [0.5, 0.6) is 5.75 Å². The Kier molecular flexibility index (Phi) is 2.00. The van der Waals surface area contributed by atoms with Crippen LogP contribution >= 0.6 is 0 Å². The zero-order chi connectivity index (χ0) is 10.1. The van der Waals surface area contributed by atoms with Crippen molar-refractivity contribution in [2.24, 2.45) is 7.05 Å². The summed E-state index contributed by atoms with van der Waals surface area (Å²) < 4.78 is 1.79. The van der Waals surface area contributed by atoms with Gasteiger partial charge in [0.15, 0.2) is 0 Å². The number of aryl methyl sites for hydroxylation is 2. The summed E-state index contributed by atoms with van der Waals surface area (Å²) in [5.41, 5.74) is 2.66. The van der Waals surface area contributed by atoms with E-state index in [1.807, 2.05) is 32.2 Å². The van der Waals surface area contributed by atoms with Gasteiger partial charge in [0.1, 0.15) is 5.75 Å². The highest BCUT2D eigenvalue weighted by Crippen LogP contribution is 2.27. The summed E-state index contributed by atoms with van der Waals surface area (Å²) in [5, 5.41) is 13.9. The molecule has 72 valence electrons. The molecule has 0 unspecified atom stereocenters. The van der Waals surface area contributed by atoms with Gasteiger partial charge in [-0.3, -0.25) is 4.68 Å². The second-order valence-electron chi connectivity index (χ2n) is 3.31. The second-order valence-corrected chi connectivity index (χ2v) is 3.31. The molecule has 0 radical (unpaired) electrons. The van der Waals surface area contributed by atoms with Gasteiger partial charge < -0.3 is 5.11 Å². The summed E-state index contributed by atoms with van der Waals surface area (Å²) >= 11 is 0. The third-order valence-electron chi connectivity index (χ3n) is 2.29. The highest BCUT2D eigenvalue weighted by atomic mass is 16.3. The molecule has 1 aromatic carbocycles. The van der Waals surface area contributed by atoms with E-state index in [0.29, 0.717) is 0 Å². The van der Waals surface area contributed by atoms with Crippen molar-refractivity contribution < 1.29 is 5.11 Å². The third-order valence-corrected chi connectivity index (χ3v) is 2.29. The van der Waals surface area contributed by atoms with Crippen LogP contribution < -0.4 is 0 Å². The van der Waals surface area contributed by atoms with Crippen LogP contribution in [0.25, 0.3) is 11.3 Å². The summed E-state index contributed by atoms with van der Waals surface area (Å²) in [4.78, 5) is 0. The summed E-state index contributed by atoms with van der Waals surface area (Å²) in [6.07, 6.45) is 0. The Hall–Kier alpha value is -1.77. The minimum atomic E-state index is 0.269. The molecule has 1 aromatic heterocycles. The number of nitrogens with zero attached hydrogens (tertiary/aromatic N) is 2.